The van der Waals surface area contributed by atoms with Crippen LogP contribution in [0.5, 0.6) is 6.01 Å². The van der Waals surface area contributed by atoms with Crippen LogP contribution in [0.3, 0.4) is 0 Å². The van der Waals surface area contributed by atoms with Gasteiger partial charge in [-0.25, -0.2) is 19.9 Å². The zero-order chi connectivity index (χ0) is 13.4. The Morgan fingerprint density at radius 1 is 1.00 bits per heavy atom. The van der Waals surface area contributed by atoms with Crippen molar-refractivity contribution in [1.29, 1.82) is 0 Å². The van der Waals surface area contributed by atoms with Crippen LogP contribution in [0.15, 0.2) is 33.7 Å². The zero-order valence-corrected chi connectivity index (χ0v) is 13.3. The molecule has 0 saturated carbocycles. The van der Waals surface area contributed by atoms with Crippen LogP contribution in [0.25, 0.3) is 0 Å². The Morgan fingerprint density at radius 2 is 1.44 bits per heavy atom. The first-order valence-electron chi connectivity index (χ1n) is 4.85. The van der Waals surface area contributed by atoms with Crippen molar-refractivity contribution < 1.29 is 4.74 Å². The lowest BCUT2D eigenvalue weighted by Crippen LogP contribution is -1.95. The van der Waals surface area contributed by atoms with Crippen LogP contribution in [0, 0.1) is 0 Å². The van der Waals surface area contributed by atoms with Gasteiger partial charge in [-0.2, -0.15) is 0 Å². The minimum absolute atomic E-state index is 0.271. The van der Waals surface area contributed by atoms with Crippen LogP contribution >= 0.6 is 43.5 Å². The topological polar surface area (TPSA) is 60.8 Å². The summed E-state index contributed by atoms with van der Waals surface area (Å²) < 4.78 is 6.71. The van der Waals surface area contributed by atoms with Crippen molar-refractivity contribution in [2.24, 2.45) is 0 Å². The quantitative estimate of drug-likeness (QED) is 0.727. The van der Waals surface area contributed by atoms with E-state index in [0.29, 0.717) is 12.6 Å². The van der Waals surface area contributed by atoms with Crippen molar-refractivity contribution in [3.8, 4) is 6.01 Å². The molecule has 2 heterocycles. The summed E-state index contributed by atoms with van der Waals surface area (Å²) >= 11 is 11.7. The third kappa shape index (κ3) is 6.23. The molecule has 2 aromatic rings. The zero-order valence-electron chi connectivity index (χ0n) is 9.35. The van der Waals surface area contributed by atoms with Crippen molar-refractivity contribution in [2.75, 3.05) is 6.61 Å². The van der Waals surface area contributed by atoms with Crippen LogP contribution in [0.1, 0.15) is 6.92 Å². The predicted octanol–water partition coefficient (Wildman–Crippen LogP) is 3.53. The van der Waals surface area contributed by atoms with Crippen molar-refractivity contribution in [2.45, 2.75) is 6.92 Å². The molecule has 8 heteroatoms. The number of aromatic nitrogens is 4. The molecule has 0 fully saturated rings. The average Bonchev–Trinajstić information content (AvgIpc) is 2.37. The molecule has 2 aromatic heterocycles. The average molecular weight is 396 g/mol. The maximum Gasteiger partial charge on any atom is 0.316 e. The van der Waals surface area contributed by atoms with E-state index in [4.69, 9.17) is 16.3 Å². The van der Waals surface area contributed by atoms with Gasteiger partial charge in [-0.3, -0.25) is 0 Å². The number of hydrogen-bond donors (Lipinski definition) is 0. The number of rotatable bonds is 2. The fraction of sp³-hybridized carbons (Fsp3) is 0.200. The molecule has 0 spiro atoms. The second kappa shape index (κ2) is 8.34. The summed E-state index contributed by atoms with van der Waals surface area (Å²) in [5.74, 6) is 0. The first-order chi connectivity index (χ1) is 8.61. The van der Waals surface area contributed by atoms with E-state index in [1.807, 2.05) is 6.92 Å². The van der Waals surface area contributed by atoms with Crippen molar-refractivity contribution >= 4 is 43.5 Å². The van der Waals surface area contributed by atoms with Gasteiger partial charge in [0, 0.05) is 24.8 Å². The van der Waals surface area contributed by atoms with E-state index in [-0.39, 0.29) is 5.28 Å². The molecule has 0 aromatic carbocycles. The molecule has 0 saturated heterocycles. The van der Waals surface area contributed by atoms with Gasteiger partial charge in [0.05, 0.1) is 15.6 Å². The Kier molecular flexibility index (Phi) is 7.07. The molecular formula is C10H9Br2ClN4O. The predicted molar refractivity (Wildman–Crippen MR) is 75.6 cm³/mol. The molecule has 0 aliphatic rings. The molecule has 0 aliphatic carbocycles. The van der Waals surface area contributed by atoms with Crippen molar-refractivity contribution in [3.05, 3.63) is 39.0 Å². The van der Waals surface area contributed by atoms with Crippen LogP contribution in [-0.2, 0) is 0 Å². The summed E-state index contributed by atoms with van der Waals surface area (Å²) in [6.07, 6.45) is 6.49. The Labute approximate surface area is 126 Å². The Balaban J connectivity index is 0.000000184. The highest BCUT2D eigenvalue weighted by atomic mass is 79.9. The third-order valence-corrected chi connectivity index (χ3v) is 2.47. The Hall–Kier alpha value is -0.790. The molecule has 0 aliphatic heterocycles. The van der Waals surface area contributed by atoms with E-state index >= 15 is 0 Å². The van der Waals surface area contributed by atoms with Gasteiger partial charge in [-0.05, 0) is 50.4 Å². The molecule has 18 heavy (non-hydrogen) atoms. The van der Waals surface area contributed by atoms with E-state index in [0.717, 1.165) is 8.95 Å². The monoisotopic (exact) mass is 394 g/mol. The lowest BCUT2D eigenvalue weighted by Gasteiger charge is -1.97. The van der Waals surface area contributed by atoms with Crippen LogP contribution in [-0.4, -0.2) is 26.5 Å². The fourth-order valence-corrected chi connectivity index (χ4v) is 1.31. The molecular weight excluding hydrogens is 387 g/mol. The highest BCUT2D eigenvalue weighted by Gasteiger charge is 1.92. The van der Waals surface area contributed by atoms with Gasteiger partial charge in [-0.1, -0.05) is 0 Å². The maximum atomic E-state index is 5.37. The molecule has 0 unspecified atom stereocenters. The lowest BCUT2D eigenvalue weighted by atomic mass is 10.7. The smallest absolute Gasteiger partial charge is 0.316 e. The number of halogens is 3. The molecule has 2 rings (SSSR count). The summed E-state index contributed by atoms with van der Waals surface area (Å²) in [7, 11) is 0. The van der Waals surface area contributed by atoms with Gasteiger partial charge < -0.3 is 4.74 Å². The van der Waals surface area contributed by atoms with Gasteiger partial charge in [0.15, 0.2) is 0 Å². The standard InChI is InChI=1S/C6H7BrN2O.C4H2BrClN2/c1-2-10-6-8-3-5(7)4-9-6;5-3-1-7-4(6)8-2-3/h3-4H,2H2,1H3;1-2H. The van der Waals surface area contributed by atoms with E-state index in [9.17, 15) is 0 Å². The minimum atomic E-state index is 0.271. The van der Waals surface area contributed by atoms with E-state index in [1.54, 1.807) is 24.8 Å². The Morgan fingerprint density at radius 3 is 1.83 bits per heavy atom. The molecule has 0 radical (unpaired) electrons. The summed E-state index contributed by atoms with van der Waals surface area (Å²) in [5.41, 5.74) is 0. The first-order valence-corrected chi connectivity index (χ1v) is 6.81. The number of ether oxygens (including phenoxy) is 1. The largest absolute Gasteiger partial charge is 0.464 e. The van der Waals surface area contributed by atoms with Gasteiger partial charge in [0.1, 0.15) is 0 Å². The van der Waals surface area contributed by atoms with Gasteiger partial charge in [-0.15, -0.1) is 0 Å². The summed E-state index contributed by atoms with van der Waals surface area (Å²) in [5, 5.41) is 0.271. The van der Waals surface area contributed by atoms with E-state index in [1.165, 1.54) is 0 Å². The summed E-state index contributed by atoms with van der Waals surface area (Å²) in [6, 6.07) is 0.422. The second-order valence-electron chi connectivity index (χ2n) is 2.79. The van der Waals surface area contributed by atoms with Gasteiger partial charge >= 0.3 is 6.01 Å². The van der Waals surface area contributed by atoms with Crippen LogP contribution in [0.4, 0.5) is 0 Å². The fourth-order valence-electron chi connectivity index (χ4n) is 0.801. The normalized spacial score (nSPS) is 9.33. The van der Waals surface area contributed by atoms with E-state index < -0.39 is 0 Å². The summed E-state index contributed by atoms with van der Waals surface area (Å²) in [4.78, 5) is 15.1. The Bertz CT molecular complexity index is 445. The molecule has 0 N–H and O–H groups in total. The number of nitrogens with zero attached hydrogens (tertiary/aromatic N) is 4. The highest BCUT2D eigenvalue weighted by molar-refractivity contribution is 9.10. The van der Waals surface area contributed by atoms with Crippen molar-refractivity contribution in [3.63, 3.8) is 0 Å². The van der Waals surface area contributed by atoms with Crippen molar-refractivity contribution in [1.82, 2.24) is 19.9 Å². The van der Waals surface area contributed by atoms with E-state index in [2.05, 4.69) is 51.8 Å². The minimum Gasteiger partial charge on any atom is -0.464 e. The van der Waals surface area contributed by atoms with Gasteiger partial charge in [0.2, 0.25) is 5.28 Å². The SMILES string of the molecule is CCOc1ncc(Br)cn1.Clc1ncc(Br)cn1. The molecule has 0 bridgehead atoms. The molecule has 0 amide bonds. The molecule has 0 atom stereocenters. The highest BCUT2D eigenvalue weighted by Crippen LogP contribution is 2.07. The molecule has 5 nitrogen and oxygen atoms in total. The maximum absolute atomic E-state index is 5.37. The second-order valence-corrected chi connectivity index (χ2v) is 4.96. The van der Waals surface area contributed by atoms with Crippen LogP contribution in [0.2, 0.25) is 5.28 Å². The summed E-state index contributed by atoms with van der Waals surface area (Å²) in [6.45, 7) is 2.49. The number of hydrogen-bond acceptors (Lipinski definition) is 5. The van der Waals surface area contributed by atoms with Gasteiger partial charge in [0.25, 0.3) is 0 Å². The third-order valence-electron chi connectivity index (χ3n) is 1.46. The molecule has 96 valence electrons. The van der Waals surface area contributed by atoms with Crippen LogP contribution < -0.4 is 4.74 Å². The first kappa shape index (κ1) is 15.3. The lowest BCUT2D eigenvalue weighted by molar-refractivity contribution is 0.312.